The Morgan fingerprint density at radius 2 is 2.05 bits per heavy atom. The van der Waals surface area contributed by atoms with Crippen molar-refractivity contribution in [3.63, 3.8) is 0 Å². The van der Waals surface area contributed by atoms with E-state index in [2.05, 4.69) is 20.8 Å². The van der Waals surface area contributed by atoms with Crippen LogP contribution in [0.5, 0.6) is 5.75 Å². The van der Waals surface area contributed by atoms with Crippen LogP contribution < -0.4 is 4.74 Å². The van der Waals surface area contributed by atoms with Crippen molar-refractivity contribution in [2.45, 2.75) is 40.0 Å². The zero-order valence-electron chi connectivity index (χ0n) is 12.0. The van der Waals surface area contributed by atoms with Gasteiger partial charge in [0.25, 0.3) is 0 Å². The molecule has 0 bridgehead atoms. The van der Waals surface area contributed by atoms with Gasteiger partial charge in [-0.3, -0.25) is 0 Å². The molecule has 0 saturated heterocycles. The summed E-state index contributed by atoms with van der Waals surface area (Å²) in [4.78, 5) is 4.70. The second kappa shape index (κ2) is 5.79. The van der Waals surface area contributed by atoms with E-state index in [1.807, 2.05) is 25.1 Å². The number of hydrogen-bond acceptors (Lipinski definition) is 2. The number of aryl methyl sites for hydroxylation is 1. The van der Waals surface area contributed by atoms with Crippen molar-refractivity contribution in [3.05, 3.63) is 34.5 Å². The predicted molar refractivity (Wildman–Crippen MR) is 81.4 cm³/mol. The van der Waals surface area contributed by atoms with Gasteiger partial charge in [-0.1, -0.05) is 44.5 Å². The molecule has 1 aromatic carbocycles. The molecule has 0 radical (unpaired) electrons. The minimum absolute atomic E-state index is 0.365. The highest BCUT2D eigenvalue weighted by atomic mass is 35.5. The Hall–Kier alpha value is -1.28. The number of nitrogens with zero attached hydrogens (tertiary/aromatic N) is 1. The molecule has 0 aliphatic rings. The molecule has 0 unspecified atom stereocenters. The lowest BCUT2D eigenvalue weighted by molar-refractivity contribution is 0.320. The molecule has 1 heterocycles. The molecule has 0 N–H and O–H groups in total. The molecule has 0 spiro atoms. The predicted octanol–water partition coefficient (Wildman–Crippen LogP) is 5.11. The van der Waals surface area contributed by atoms with Gasteiger partial charge in [0, 0.05) is 11.1 Å². The Bertz CT molecular complexity index is 593. The Morgan fingerprint density at radius 3 is 2.68 bits per heavy atom. The van der Waals surface area contributed by atoms with E-state index in [9.17, 15) is 0 Å². The topological polar surface area (TPSA) is 22.1 Å². The van der Waals surface area contributed by atoms with Gasteiger partial charge in [0.2, 0.25) is 0 Å². The molecular formula is C16H20ClNO. The molecule has 19 heavy (non-hydrogen) atoms. The van der Waals surface area contributed by atoms with Crippen LogP contribution in [0.4, 0.5) is 0 Å². The average Bonchev–Trinajstić information content (AvgIpc) is 2.36. The van der Waals surface area contributed by atoms with Gasteiger partial charge in [-0.25, -0.2) is 4.98 Å². The van der Waals surface area contributed by atoms with Crippen LogP contribution in [0.1, 0.15) is 44.4 Å². The number of ether oxygens (including phenoxy) is 1. The summed E-state index contributed by atoms with van der Waals surface area (Å²) in [7, 11) is 0. The molecule has 2 aromatic rings. The molecule has 2 nitrogen and oxygen atoms in total. The van der Waals surface area contributed by atoms with Crippen LogP contribution in [0.15, 0.2) is 18.2 Å². The van der Waals surface area contributed by atoms with Gasteiger partial charge in [0.15, 0.2) is 0 Å². The first kappa shape index (κ1) is 14.1. The molecular weight excluding hydrogens is 258 g/mol. The fourth-order valence-electron chi connectivity index (χ4n) is 2.35. The minimum Gasteiger partial charge on any atom is -0.491 e. The van der Waals surface area contributed by atoms with Gasteiger partial charge in [-0.15, -0.1) is 0 Å². The Balaban J connectivity index is 2.65. The lowest BCUT2D eigenvalue weighted by Gasteiger charge is -2.15. The van der Waals surface area contributed by atoms with Crippen molar-refractivity contribution >= 4 is 22.5 Å². The first-order chi connectivity index (χ1) is 9.06. The highest BCUT2D eigenvalue weighted by molar-refractivity contribution is 6.36. The average molecular weight is 278 g/mol. The van der Waals surface area contributed by atoms with Crippen LogP contribution in [0.3, 0.4) is 0 Å². The summed E-state index contributed by atoms with van der Waals surface area (Å²) >= 11 is 6.55. The summed E-state index contributed by atoms with van der Waals surface area (Å²) < 4.78 is 5.76. The fourth-order valence-corrected chi connectivity index (χ4v) is 2.85. The van der Waals surface area contributed by atoms with E-state index >= 15 is 0 Å². The second-order valence-corrected chi connectivity index (χ2v) is 5.46. The van der Waals surface area contributed by atoms with Crippen molar-refractivity contribution in [2.75, 3.05) is 6.61 Å². The highest BCUT2D eigenvalue weighted by Crippen LogP contribution is 2.36. The molecule has 1 aromatic heterocycles. The Morgan fingerprint density at radius 1 is 1.32 bits per heavy atom. The molecule has 2 rings (SSSR count). The number of benzene rings is 1. The maximum absolute atomic E-state index is 6.55. The van der Waals surface area contributed by atoms with Crippen molar-refractivity contribution in [1.29, 1.82) is 0 Å². The molecule has 102 valence electrons. The van der Waals surface area contributed by atoms with Gasteiger partial charge in [-0.05, 0) is 30.9 Å². The standard InChI is InChI=1S/C16H20ClNO/c1-5-9-19-13-8-6-7-12-15(17)14(10(2)3)11(4)18-16(12)13/h6-8,10H,5,9H2,1-4H3. The normalized spacial score (nSPS) is 11.3. The zero-order chi connectivity index (χ0) is 14.0. The summed E-state index contributed by atoms with van der Waals surface area (Å²) in [6, 6.07) is 5.94. The van der Waals surface area contributed by atoms with Crippen molar-refractivity contribution < 1.29 is 4.74 Å². The fraction of sp³-hybridized carbons (Fsp3) is 0.438. The molecule has 0 aliphatic carbocycles. The van der Waals surface area contributed by atoms with E-state index in [0.29, 0.717) is 12.5 Å². The van der Waals surface area contributed by atoms with Gasteiger partial charge >= 0.3 is 0 Å². The lowest BCUT2D eigenvalue weighted by atomic mass is 9.99. The minimum atomic E-state index is 0.365. The summed E-state index contributed by atoms with van der Waals surface area (Å²) in [6.45, 7) is 9.08. The zero-order valence-corrected chi connectivity index (χ0v) is 12.7. The van der Waals surface area contributed by atoms with Crippen LogP contribution in [-0.4, -0.2) is 11.6 Å². The third-order valence-electron chi connectivity index (χ3n) is 3.18. The largest absolute Gasteiger partial charge is 0.491 e. The number of fused-ring (bicyclic) bond motifs is 1. The van der Waals surface area contributed by atoms with Crippen LogP contribution in [-0.2, 0) is 0 Å². The summed E-state index contributed by atoms with van der Waals surface area (Å²) in [5.41, 5.74) is 2.98. The van der Waals surface area contributed by atoms with Crippen molar-refractivity contribution in [1.82, 2.24) is 4.98 Å². The maximum atomic E-state index is 6.55. The molecule has 0 atom stereocenters. The number of rotatable bonds is 4. The second-order valence-electron chi connectivity index (χ2n) is 5.08. The maximum Gasteiger partial charge on any atom is 0.145 e. The lowest BCUT2D eigenvalue weighted by Crippen LogP contribution is -2.01. The van der Waals surface area contributed by atoms with Gasteiger partial charge in [0.05, 0.1) is 11.6 Å². The number of para-hydroxylation sites is 1. The molecule has 0 fully saturated rings. The highest BCUT2D eigenvalue weighted by Gasteiger charge is 2.15. The van der Waals surface area contributed by atoms with E-state index in [1.165, 1.54) is 0 Å². The van der Waals surface area contributed by atoms with Crippen LogP contribution in [0, 0.1) is 6.92 Å². The van der Waals surface area contributed by atoms with Crippen LogP contribution >= 0.6 is 11.6 Å². The number of hydrogen-bond donors (Lipinski definition) is 0. The van der Waals surface area contributed by atoms with E-state index < -0.39 is 0 Å². The third kappa shape index (κ3) is 2.69. The first-order valence-electron chi connectivity index (χ1n) is 6.77. The molecule has 0 aliphatic heterocycles. The van der Waals surface area contributed by atoms with Crippen LogP contribution in [0.25, 0.3) is 10.9 Å². The van der Waals surface area contributed by atoms with Gasteiger partial charge in [-0.2, -0.15) is 0 Å². The quantitative estimate of drug-likeness (QED) is 0.775. The van der Waals surface area contributed by atoms with E-state index in [4.69, 9.17) is 21.3 Å². The van der Waals surface area contributed by atoms with E-state index in [0.717, 1.165) is 39.4 Å². The summed E-state index contributed by atoms with van der Waals surface area (Å²) in [5, 5.41) is 1.78. The van der Waals surface area contributed by atoms with Crippen molar-refractivity contribution in [2.24, 2.45) is 0 Å². The number of aromatic nitrogens is 1. The number of pyridine rings is 1. The van der Waals surface area contributed by atoms with Gasteiger partial charge < -0.3 is 4.74 Å². The molecule has 3 heteroatoms. The van der Waals surface area contributed by atoms with Crippen molar-refractivity contribution in [3.8, 4) is 5.75 Å². The Kier molecular flexibility index (Phi) is 4.31. The molecule has 0 saturated carbocycles. The van der Waals surface area contributed by atoms with Crippen LogP contribution in [0.2, 0.25) is 5.02 Å². The number of halogens is 1. The van der Waals surface area contributed by atoms with E-state index in [-0.39, 0.29) is 0 Å². The summed E-state index contributed by atoms with van der Waals surface area (Å²) in [5.74, 6) is 1.18. The van der Waals surface area contributed by atoms with E-state index in [1.54, 1.807) is 0 Å². The monoisotopic (exact) mass is 277 g/mol. The third-order valence-corrected chi connectivity index (χ3v) is 3.59. The molecule has 0 amide bonds. The smallest absolute Gasteiger partial charge is 0.145 e. The Labute approximate surface area is 119 Å². The summed E-state index contributed by atoms with van der Waals surface area (Å²) in [6.07, 6.45) is 0.979. The first-order valence-corrected chi connectivity index (χ1v) is 7.15. The van der Waals surface area contributed by atoms with Gasteiger partial charge in [0.1, 0.15) is 11.3 Å². The SMILES string of the molecule is CCCOc1cccc2c(Cl)c(C(C)C)c(C)nc12.